The smallest absolute Gasteiger partial charge is 0.348 e. The number of pyridine rings is 1. The molecule has 2 amide bonds. The van der Waals surface area contributed by atoms with E-state index in [1.54, 1.807) is 0 Å². The lowest BCUT2D eigenvalue weighted by Gasteiger charge is -2.10. The van der Waals surface area contributed by atoms with E-state index < -0.39 is 23.6 Å². The van der Waals surface area contributed by atoms with Crippen molar-refractivity contribution in [1.82, 2.24) is 10.3 Å². The number of alkyl halides is 3. The highest BCUT2D eigenvalue weighted by Gasteiger charge is 2.30. The van der Waals surface area contributed by atoms with Crippen LogP contribution in [0.5, 0.6) is 0 Å². The minimum atomic E-state index is -4.52. The lowest BCUT2D eigenvalue weighted by molar-refractivity contribution is -0.137. The highest BCUT2D eigenvalue weighted by atomic mass is 19.4. The maximum Gasteiger partial charge on any atom is 0.416 e. The number of carbonyl (C=O) groups excluding carboxylic acids is 2. The van der Waals surface area contributed by atoms with Gasteiger partial charge in [-0.1, -0.05) is 36.4 Å². The summed E-state index contributed by atoms with van der Waals surface area (Å²) < 4.78 is 38.4. The fourth-order valence-electron chi connectivity index (χ4n) is 2.54. The first-order chi connectivity index (χ1) is 13.8. The third-order valence-corrected chi connectivity index (χ3v) is 4.00. The molecular formula is C21H16F3N3O2. The third-order valence-electron chi connectivity index (χ3n) is 4.00. The predicted molar refractivity (Wildman–Crippen MR) is 101 cm³/mol. The van der Waals surface area contributed by atoms with Crippen molar-refractivity contribution in [3.05, 3.63) is 95.3 Å². The molecule has 3 aromatic rings. The molecule has 5 nitrogen and oxygen atoms in total. The Hall–Kier alpha value is -3.68. The van der Waals surface area contributed by atoms with Crippen LogP contribution in [0.1, 0.15) is 32.0 Å². The molecule has 2 aromatic carbocycles. The summed E-state index contributed by atoms with van der Waals surface area (Å²) in [6.07, 6.45) is -3.23. The van der Waals surface area contributed by atoms with E-state index in [0.29, 0.717) is 6.54 Å². The zero-order chi connectivity index (χ0) is 20.9. The van der Waals surface area contributed by atoms with Crippen LogP contribution in [0.2, 0.25) is 0 Å². The first-order valence-corrected chi connectivity index (χ1v) is 8.60. The summed E-state index contributed by atoms with van der Waals surface area (Å²) >= 11 is 0. The van der Waals surface area contributed by atoms with Crippen molar-refractivity contribution in [2.24, 2.45) is 0 Å². The molecule has 3 rings (SSSR count). The van der Waals surface area contributed by atoms with Crippen LogP contribution in [0.25, 0.3) is 0 Å². The van der Waals surface area contributed by atoms with Crippen LogP contribution in [0.15, 0.2) is 72.9 Å². The average Bonchev–Trinajstić information content (AvgIpc) is 2.72. The third kappa shape index (κ3) is 5.41. The number of rotatable bonds is 5. The van der Waals surface area contributed by atoms with E-state index >= 15 is 0 Å². The van der Waals surface area contributed by atoms with Crippen LogP contribution in [-0.2, 0) is 12.7 Å². The zero-order valence-electron chi connectivity index (χ0n) is 15.0. The van der Waals surface area contributed by atoms with Crippen molar-refractivity contribution in [1.29, 1.82) is 0 Å². The molecule has 0 atom stereocenters. The van der Waals surface area contributed by atoms with Crippen molar-refractivity contribution in [3.63, 3.8) is 0 Å². The molecule has 0 bridgehead atoms. The number of hydrogen-bond donors (Lipinski definition) is 2. The summed E-state index contributed by atoms with van der Waals surface area (Å²) in [6, 6.07) is 16.3. The topological polar surface area (TPSA) is 71.1 Å². The van der Waals surface area contributed by atoms with Crippen LogP contribution in [0, 0.1) is 0 Å². The first kappa shape index (κ1) is 20.1. The first-order valence-electron chi connectivity index (χ1n) is 8.60. The van der Waals surface area contributed by atoms with Crippen molar-refractivity contribution in [2.75, 3.05) is 5.32 Å². The summed E-state index contributed by atoms with van der Waals surface area (Å²) in [6.45, 7) is 0.313. The Morgan fingerprint density at radius 3 is 2.38 bits per heavy atom. The van der Waals surface area contributed by atoms with E-state index in [0.717, 1.165) is 17.7 Å². The monoisotopic (exact) mass is 399 g/mol. The molecule has 0 aliphatic rings. The summed E-state index contributed by atoms with van der Waals surface area (Å²) in [7, 11) is 0. The van der Waals surface area contributed by atoms with Crippen molar-refractivity contribution < 1.29 is 22.8 Å². The van der Waals surface area contributed by atoms with Gasteiger partial charge in [-0.15, -0.1) is 0 Å². The van der Waals surface area contributed by atoms with E-state index in [2.05, 4.69) is 15.6 Å². The molecule has 1 aromatic heterocycles. The maximum absolute atomic E-state index is 12.8. The molecule has 2 N–H and O–H groups in total. The maximum atomic E-state index is 12.8. The highest BCUT2D eigenvalue weighted by Crippen LogP contribution is 2.30. The van der Waals surface area contributed by atoms with Gasteiger partial charge < -0.3 is 10.6 Å². The Morgan fingerprint density at radius 1 is 0.897 bits per heavy atom. The van der Waals surface area contributed by atoms with Gasteiger partial charge >= 0.3 is 6.18 Å². The number of benzene rings is 2. The Bertz CT molecular complexity index is 1020. The fraction of sp³-hybridized carbons (Fsp3) is 0.0952. The summed E-state index contributed by atoms with van der Waals surface area (Å²) in [4.78, 5) is 28.5. The molecule has 0 spiro atoms. The molecule has 8 heteroatoms. The van der Waals surface area contributed by atoms with Gasteiger partial charge in [0.2, 0.25) is 0 Å². The van der Waals surface area contributed by atoms with E-state index in [4.69, 9.17) is 0 Å². The summed E-state index contributed by atoms with van der Waals surface area (Å²) in [5.41, 5.74) is 0.139. The van der Waals surface area contributed by atoms with Crippen molar-refractivity contribution >= 4 is 17.5 Å². The Balaban J connectivity index is 1.68. The number of anilines is 1. The van der Waals surface area contributed by atoms with E-state index in [1.807, 2.05) is 30.3 Å². The standard InChI is InChI=1S/C21H16F3N3O2/c22-21(23,24)16-7-4-8-17(12-16)27-20(29)18-11-15(9-10-25-18)19(28)26-13-14-5-2-1-3-6-14/h1-12H,13H2,(H,26,28)(H,27,29). The van der Waals surface area contributed by atoms with Gasteiger partial charge in [0, 0.05) is 24.0 Å². The number of nitrogens with zero attached hydrogens (tertiary/aromatic N) is 1. The van der Waals surface area contributed by atoms with Gasteiger partial charge in [-0.3, -0.25) is 14.6 Å². The second kappa shape index (κ2) is 8.55. The Kier molecular flexibility index (Phi) is 5.92. The number of carbonyl (C=O) groups is 2. The molecule has 1 heterocycles. The lowest BCUT2D eigenvalue weighted by atomic mass is 10.1. The molecule has 0 radical (unpaired) electrons. The minimum Gasteiger partial charge on any atom is -0.348 e. The molecule has 0 unspecified atom stereocenters. The van der Waals surface area contributed by atoms with Gasteiger partial charge in [0.05, 0.1) is 5.56 Å². The molecular weight excluding hydrogens is 383 g/mol. The van der Waals surface area contributed by atoms with E-state index in [1.165, 1.54) is 30.5 Å². The summed E-state index contributed by atoms with van der Waals surface area (Å²) in [5, 5.41) is 5.09. The number of amides is 2. The quantitative estimate of drug-likeness (QED) is 0.673. The van der Waals surface area contributed by atoms with E-state index in [9.17, 15) is 22.8 Å². The van der Waals surface area contributed by atoms with Gasteiger partial charge in [-0.2, -0.15) is 13.2 Å². The fourth-order valence-corrected chi connectivity index (χ4v) is 2.54. The Morgan fingerprint density at radius 2 is 1.66 bits per heavy atom. The molecule has 148 valence electrons. The predicted octanol–water partition coefficient (Wildman–Crippen LogP) is 4.28. The van der Waals surface area contributed by atoms with E-state index in [-0.39, 0.29) is 16.9 Å². The molecule has 0 aliphatic heterocycles. The second-order valence-corrected chi connectivity index (χ2v) is 6.13. The number of hydrogen-bond acceptors (Lipinski definition) is 3. The average molecular weight is 399 g/mol. The number of halogens is 3. The largest absolute Gasteiger partial charge is 0.416 e. The zero-order valence-corrected chi connectivity index (χ0v) is 15.0. The molecule has 0 saturated heterocycles. The van der Waals surface area contributed by atoms with Crippen LogP contribution in [0.4, 0.5) is 18.9 Å². The Labute approximate surface area is 164 Å². The highest BCUT2D eigenvalue weighted by molar-refractivity contribution is 6.04. The SMILES string of the molecule is O=C(NCc1ccccc1)c1ccnc(C(=O)Nc2cccc(C(F)(F)F)c2)c1. The number of aromatic nitrogens is 1. The van der Waals surface area contributed by atoms with Crippen molar-refractivity contribution in [3.8, 4) is 0 Å². The van der Waals surface area contributed by atoms with Gasteiger partial charge in [-0.05, 0) is 35.9 Å². The molecule has 0 aliphatic carbocycles. The lowest BCUT2D eigenvalue weighted by Crippen LogP contribution is -2.23. The van der Waals surface area contributed by atoms with Gasteiger partial charge in [0.15, 0.2) is 0 Å². The van der Waals surface area contributed by atoms with Gasteiger partial charge in [0.25, 0.3) is 11.8 Å². The van der Waals surface area contributed by atoms with Gasteiger partial charge in [0.1, 0.15) is 5.69 Å². The van der Waals surface area contributed by atoms with Crippen LogP contribution < -0.4 is 10.6 Å². The molecule has 29 heavy (non-hydrogen) atoms. The second-order valence-electron chi connectivity index (χ2n) is 6.13. The minimum absolute atomic E-state index is 0.0226. The van der Waals surface area contributed by atoms with Crippen LogP contribution >= 0.6 is 0 Å². The summed E-state index contributed by atoms with van der Waals surface area (Å²) in [5.74, 6) is -1.12. The van der Waals surface area contributed by atoms with Gasteiger partial charge in [-0.25, -0.2) is 0 Å². The normalized spacial score (nSPS) is 11.0. The molecule has 0 fully saturated rings. The van der Waals surface area contributed by atoms with Crippen molar-refractivity contribution in [2.45, 2.75) is 12.7 Å². The number of nitrogens with one attached hydrogen (secondary N) is 2. The molecule has 0 saturated carbocycles. The van der Waals surface area contributed by atoms with Crippen LogP contribution in [-0.4, -0.2) is 16.8 Å². The van der Waals surface area contributed by atoms with Crippen LogP contribution in [0.3, 0.4) is 0 Å².